The predicted molar refractivity (Wildman–Crippen MR) is 40.9 cm³/mol. The lowest BCUT2D eigenvalue weighted by atomic mass is 10.3. The van der Waals surface area contributed by atoms with Crippen molar-refractivity contribution in [2.24, 2.45) is 5.84 Å². The van der Waals surface area contributed by atoms with Gasteiger partial charge in [0.05, 0.1) is 9.93 Å². The fraction of sp³-hybridized carbons (Fsp3) is 0. The van der Waals surface area contributed by atoms with Crippen LogP contribution >= 0.6 is 11.6 Å². The maximum atomic E-state index is 10.8. The molecule has 0 aliphatic carbocycles. The molecule has 0 bridgehead atoms. The first-order valence-corrected chi connectivity index (χ1v) is 3.22. The first kappa shape index (κ1) is 7.97. The van der Waals surface area contributed by atoms with Crippen LogP contribution in [-0.2, 0) is 0 Å². The summed E-state index contributed by atoms with van der Waals surface area (Å²) in [5.41, 5.74) is 2.26. The van der Waals surface area contributed by atoms with Crippen LogP contribution < -0.4 is 11.4 Å². The van der Waals surface area contributed by atoms with E-state index in [0.29, 0.717) is 15.6 Å². The number of nitrogens with one attached hydrogen (secondary N) is 1. The zero-order valence-corrected chi connectivity index (χ0v) is 6.30. The van der Waals surface area contributed by atoms with E-state index < -0.39 is 0 Å². The minimum Gasteiger partial charge on any atom is -0.196 e. The van der Waals surface area contributed by atoms with Gasteiger partial charge in [0.2, 0.25) is 0 Å². The second-order valence-electron chi connectivity index (χ2n) is 1.82. The van der Waals surface area contributed by atoms with E-state index in [1.807, 2.05) is 5.53 Å². The smallest absolute Gasteiger partial charge is 0.196 e. The highest BCUT2D eigenvalue weighted by molar-refractivity contribution is 6.30. The van der Waals surface area contributed by atoms with Crippen LogP contribution in [0.2, 0.25) is 5.02 Å². The van der Waals surface area contributed by atoms with Crippen LogP contribution in [0.4, 0.5) is 5.69 Å². The van der Waals surface area contributed by atoms with Gasteiger partial charge in [-0.25, -0.2) is 0 Å². The van der Waals surface area contributed by atoms with Gasteiger partial charge >= 0.3 is 0 Å². The molecule has 0 unspecified atom stereocenters. The summed E-state index contributed by atoms with van der Waals surface area (Å²) in [6, 6.07) is 7.22. The summed E-state index contributed by atoms with van der Waals surface area (Å²) in [5, 5.41) is 0.374. The Morgan fingerprint density at radius 2 is 2.45 bits per heavy atom. The Morgan fingerprint density at radius 3 is 3.00 bits per heavy atom. The standard InChI is InChI=1S/C6H6ClN3O/c7-5-2-1-3-6(4-5)10(11)9-8/h1,3-4H,8H2,(H,9,11)/q+1. The van der Waals surface area contributed by atoms with E-state index in [9.17, 15) is 4.91 Å². The molecule has 1 aromatic rings. The molecule has 0 aromatic heterocycles. The summed E-state index contributed by atoms with van der Waals surface area (Å²) in [4.78, 5) is 11.2. The van der Waals surface area contributed by atoms with Gasteiger partial charge in [-0.1, -0.05) is 17.1 Å². The summed E-state index contributed by atoms with van der Waals surface area (Å²) in [5.74, 6) is 4.86. The molecule has 57 valence electrons. The largest absolute Gasteiger partial charge is 0.295 e. The first-order chi connectivity index (χ1) is 5.24. The predicted octanol–water partition coefficient (Wildman–Crippen LogP) is 0.929. The molecule has 0 saturated heterocycles. The quantitative estimate of drug-likeness (QED) is 0.395. The zero-order valence-electron chi connectivity index (χ0n) is 5.54. The number of halogens is 1. The highest BCUT2D eigenvalue weighted by Gasteiger charge is 2.10. The molecule has 1 aromatic carbocycles. The van der Waals surface area contributed by atoms with Gasteiger partial charge < -0.3 is 0 Å². The van der Waals surface area contributed by atoms with Crippen molar-refractivity contribution in [1.82, 2.24) is 5.53 Å². The van der Waals surface area contributed by atoms with E-state index >= 15 is 0 Å². The van der Waals surface area contributed by atoms with Crippen molar-refractivity contribution in [2.75, 3.05) is 0 Å². The van der Waals surface area contributed by atoms with Crippen LogP contribution in [0.3, 0.4) is 0 Å². The van der Waals surface area contributed by atoms with Crippen molar-refractivity contribution in [3.8, 4) is 0 Å². The van der Waals surface area contributed by atoms with Crippen molar-refractivity contribution in [2.45, 2.75) is 0 Å². The lowest BCUT2D eigenvalue weighted by Gasteiger charge is -1.89. The number of hydrogen-bond donors (Lipinski definition) is 2. The molecular weight excluding hydrogens is 166 g/mol. The molecule has 4 nitrogen and oxygen atoms in total. The number of nitrogens with two attached hydrogens (primary N) is 1. The highest BCUT2D eigenvalue weighted by Crippen LogP contribution is 2.14. The number of nitroso groups, excluding NO2 is 1. The third-order valence-corrected chi connectivity index (χ3v) is 1.32. The molecule has 0 aliphatic heterocycles. The third kappa shape index (κ3) is 1.89. The molecule has 5 heteroatoms. The van der Waals surface area contributed by atoms with E-state index in [2.05, 4.69) is 6.07 Å². The Hall–Kier alpha value is -1.13. The summed E-state index contributed by atoms with van der Waals surface area (Å²) in [7, 11) is 0. The van der Waals surface area contributed by atoms with E-state index in [-0.39, 0.29) is 0 Å². The number of hydrazine groups is 2. The molecule has 0 atom stereocenters. The summed E-state index contributed by atoms with van der Waals surface area (Å²) in [6.07, 6.45) is 0. The number of hydrogen-bond acceptors (Lipinski definition) is 2. The lowest BCUT2D eigenvalue weighted by molar-refractivity contribution is -0.530. The van der Waals surface area contributed by atoms with E-state index in [0.717, 1.165) is 0 Å². The molecule has 0 amide bonds. The monoisotopic (exact) mass is 171 g/mol. The molecule has 3 N–H and O–H groups in total. The summed E-state index contributed by atoms with van der Waals surface area (Å²) >= 11 is 5.56. The van der Waals surface area contributed by atoms with Gasteiger partial charge in [-0.15, -0.1) is 0 Å². The fourth-order valence-electron chi connectivity index (χ4n) is 0.627. The van der Waals surface area contributed by atoms with Gasteiger partial charge in [-0.3, -0.25) is 0 Å². The van der Waals surface area contributed by atoms with Crippen LogP contribution in [0.1, 0.15) is 0 Å². The van der Waals surface area contributed by atoms with Crippen molar-refractivity contribution in [1.29, 1.82) is 0 Å². The van der Waals surface area contributed by atoms with Gasteiger partial charge in [-0.2, -0.15) is 5.84 Å². The number of rotatable bonds is 2. The van der Waals surface area contributed by atoms with Crippen LogP contribution in [0.15, 0.2) is 18.2 Å². The SMILES string of the molecule is NN[N+](=O)c1cc[c]c(Cl)c1. The lowest BCUT2D eigenvalue weighted by Crippen LogP contribution is -2.29. The molecule has 11 heavy (non-hydrogen) atoms. The molecular formula is C6H6ClN3O+. The Bertz CT molecular complexity index is 276. The molecule has 0 spiro atoms. The van der Waals surface area contributed by atoms with Gasteiger partial charge in [-0.05, 0) is 6.07 Å². The van der Waals surface area contributed by atoms with Gasteiger partial charge in [0.15, 0.2) is 4.87 Å². The van der Waals surface area contributed by atoms with Crippen LogP contribution in [-0.4, -0.2) is 4.87 Å². The molecule has 1 rings (SSSR count). The second-order valence-corrected chi connectivity index (χ2v) is 2.23. The van der Waals surface area contributed by atoms with E-state index in [1.54, 1.807) is 12.1 Å². The van der Waals surface area contributed by atoms with Crippen molar-refractivity contribution >= 4 is 17.3 Å². The summed E-state index contributed by atoms with van der Waals surface area (Å²) in [6.45, 7) is 0. The molecule has 1 radical (unpaired) electrons. The first-order valence-electron chi connectivity index (χ1n) is 2.85. The molecule has 0 heterocycles. The Kier molecular flexibility index (Phi) is 2.40. The van der Waals surface area contributed by atoms with Crippen LogP contribution in [0.5, 0.6) is 0 Å². The zero-order chi connectivity index (χ0) is 8.27. The number of nitrogens with zero attached hydrogens (tertiary/aromatic N) is 1. The molecule has 0 fully saturated rings. The fourth-order valence-corrected chi connectivity index (χ4v) is 0.802. The van der Waals surface area contributed by atoms with Crippen molar-refractivity contribution < 1.29 is 4.87 Å². The Morgan fingerprint density at radius 1 is 1.73 bits per heavy atom. The number of benzene rings is 1. The average Bonchev–Trinajstić information content (AvgIpc) is 2.03. The second kappa shape index (κ2) is 3.32. The Balaban J connectivity index is 2.96. The normalized spacial score (nSPS) is 9.27. The van der Waals surface area contributed by atoms with Gasteiger partial charge in [0.1, 0.15) is 0 Å². The molecule has 0 saturated carbocycles. The van der Waals surface area contributed by atoms with Crippen molar-refractivity contribution in [3.63, 3.8) is 0 Å². The van der Waals surface area contributed by atoms with E-state index in [1.165, 1.54) is 6.07 Å². The van der Waals surface area contributed by atoms with Crippen molar-refractivity contribution in [3.05, 3.63) is 34.2 Å². The topological polar surface area (TPSA) is 58.1 Å². The third-order valence-electron chi connectivity index (χ3n) is 1.10. The maximum Gasteiger partial charge on any atom is 0.295 e. The van der Waals surface area contributed by atoms with Crippen LogP contribution in [0, 0.1) is 11.0 Å². The average molecular weight is 172 g/mol. The summed E-state index contributed by atoms with van der Waals surface area (Å²) < 4.78 is 0. The molecule has 0 aliphatic rings. The maximum absolute atomic E-state index is 10.8. The van der Waals surface area contributed by atoms with E-state index in [4.69, 9.17) is 17.4 Å². The minimum absolute atomic E-state index is 0.344. The van der Waals surface area contributed by atoms with Gasteiger partial charge in [0.25, 0.3) is 5.69 Å². The van der Waals surface area contributed by atoms with Gasteiger partial charge in [0, 0.05) is 18.2 Å². The highest BCUT2D eigenvalue weighted by atomic mass is 35.5. The van der Waals surface area contributed by atoms with Crippen LogP contribution in [0.25, 0.3) is 0 Å². The minimum atomic E-state index is 0.344. The Labute approximate surface area is 68.5 Å².